The average molecular weight is 273 g/mol. The van der Waals surface area contributed by atoms with Crippen LogP contribution in [-0.2, 0) is 10.8 Å². The van der Waals surface area contributed by atoms with Crippen LogP contribution >= 0.6 is 0 Å². The van der Waals surface area contributed by atoms with Crippen molar-refractivity contribution in [3.63, 3.8) is 0 Å². The molecule has 0 bridgehead atoms. The van der Waals surface area contributed by atoms with Crippen LogP contribution in [0.5, 0.6) is 0 Å². The first-order valence-corrected chi connectivity index (χ1v) is 7.90. The first-order chi connectivity index (χ1) is 9.08. The van der Waals surface area contributed by atoms with E-state index in [-0.39, 0.29) is 10.8 Å². The highest BCUT2D eigenvalue weighted by Gasteiger charge is 2.48. The highest BCUT2D eigenvalue weighted by atomic mass is 14.7. The Morgan fingerprint density at radius 1 is 1.00 bits per heavy atom. The van der Waals surface area contributed by atoms with Gasteiger partial charge in [-0.15, -0.1) is 0 Å². The summed E-state index contributed by atoms with van der Waals surface area (Å²) >= 11 is 0. The van der Waals surface area contributed by atoms with Crippen molar-refractivity contribution in [3.05, 3.63) is 35.4 Å². The maximum Gasteiger partial charge on any atom is 0.00812 e. The van der Waals surface area contributed by atoms with Crippen LogP contribution in [0.4, 0.5) is 0 Å². The second-order valence-corrected chi connectivity index (χ2v) is 8.78. The molecule has 20 heavy (non-hydrogen) atoms. The van der Waals surface area contributed by atoms with Gasteiger partial charge in [-0.25, -0.2) is 0 Å². The highest BCUT2D eigenvalue weighted by Crippen LogP contribution is 2.53. The summed E-state index contributed by atoms with van der Waals surface area (Å²) in [5, 5.41) is 0. The normalized spacial score (nSPS) is 27.2. The molecule has 0 aliphatic heterocycles. The zero-order valence-electron chi connectivity index (χ0n) is 14.1. The van der Waals surface area contributed by atoms with Crippen LogP contribution in [0.25, 0.3) is 0 Å². The van der Waals surface area contributed by atoms with Gasteiger partial charge in [0.2, 0.25) is 0 Å². The molecule has 0 heterocycles. The lowest BCUT2D eigenvalue weighted by atomic mass is 9.52. The molecule has 1 aromatic carbocycles. The Labute approximate surface area is 125 Å². The van der Waals surface area contributed by atoms with Gasteiger partial charge in [-0.2, -0.15) is 0 Å². The molecule has 1 aliphatic rings. The molecule has 1 aliphatic carbocycles. The Balaban J connectivity index is 2.19. The summed E-state index contributed by atoms with van der Waals surface area (Å²) in [6.07, 6.45) is 2.48. The third-order valence-corrected chi connectivity index (χ3v) is 5.25. The summed E-state index contributed by atoms with van der Waals surface area (Å²) < 4.78 is 0. The predicted octanol–water partition coefficient (Wildman–Crippen LogP) is 4.64. The van der Waals surface area contributed by atoms with E-state index in [0.717, 1.165) is 12.5 Å². The Morgan fingerprint density at radius 3 is 1.85 bits per heavy atom. The summed E-state index contributed by atoms with van der Waals surface area (Å²) in [5.74, 6) is 0.799. The largest absolute Gasteiger partial charge is 0.330 e. The molecule has 0 saturated heterocycles. The zero-order valence-corrected chi connectivity index (χ0v) is 14.1. The van der Waals surface area contributed by atoms with Gasteiger partial charge in [-0.3, -0.25) is 0 Å². The van der Waals surface area contributed by atoms with Gasteiger partial charge in [0.25, 0.3) is 0 Å². The number of hydrogen-bond donors (Lipinski definition) is 1. The summed E-state index contributed by atoms with van der Waals surface area (Å²) in [6, 6.07) is 9.20. The van der Waals surface area contributed by atoms with E-state index in [1.807, 2.05) is 0 Å². The van der Waals surface area contributed by atoms with Crippen LogP contribution in [0.15, 0.2) is 24.3 Å². The topological polar surface area (TPSA) is 26.0 Å². The molecular formula is C19H31N. The van der Waals surface area contributed by atoms with Crippen molar-refractivity contribution in [1.29, 1.82) is 0 Å². The number of rotatable bonds is 2. The average Bonchev–Trinajstić information content (AvgIpc) is 2.26. The van der Waals surface area contributed by atoms with Crippen molar-refractivity contribution in [1.82, 2.24) is 0 Å². The van der Waals surface area contributed by atoms with Gasteiger partial charge in [-0.1, -0.05) is 65.8 Å². The van der Waals surface area contributed by atoms with Crippen LogP contribution in [0.2, 0.25) is 0 Å². The lowest BCUT2D eigenvalue weighted by Gasteiger charge is -2.53. The minimum absolute atomic E-state index is 0.224. The molecule has 0 unspecified atom stereocenters. The fraction of sp³-hybridized carbons (Fsp3) is 0.684. The lowest BCUT2D eigenvalue weighted by Crippen LogP contribution is -2.50. The molecular weight excluding hydrogens is 242 g/mol. The molecule has 0 radical (unpaired) electrons. The summed E-state index contributed by atoms with van der Waals surface area (Å²) in [4.78, 5) is 0. The van der Waals surface area contributed by atoms with E-state index in [1.54, 1.807) is 0 Å². The van der Waals surface area contributed by atoms with E-state index >= 15 is 0 Å². The maximum atomic E-state index is 6.13. The molecule has 112 valence electrons. The van der Waals surface area contributed by atoms with Crippen molar-refractivity contribution in [2.24, 2.45) is 17.1 Å². The van der Waals surface area contributed by atoms with Crippen LogP contribution in [0, 0.1) is 11.3 Å². The Kier molecular flexibility index (Phi) is 3.79. The Bertz CT molecular complexity index is 450. The highest BCUT2D eigenvalue weighted by molar-refractivity contribution is 5.35. The van der Waals surface area contributed by atoms with Crippen molar-refractivity contribution in [2.75, 3.05) is 6.54 Å². The smallest absolute Gasteiger partial charge is 0.00812 e. The van der Waals surface area contributed by atoms with Crippen molar-refractivity contribution in [2.45, 2.75) is 65.2 Å². The van der Waals surface area contributed by atoms with E-state index in [1.165, 1.54) is 24.0 Å². The van der Waals surface area contributed by atoms with Crippen LogP contribution in [-0.4, -0.2) is 6.54 Å². The SMILES string of the molecule is CC(C)(C)c1ccc(C2(CN)CC(C(C)(C)C)C2)cc1. The van der Waals surface area contributed by atoms with Crippen molar-refractivity contribution >= 4 is 0 Å². The quantitative estimate of drug-likeness (QED) is 0.835. The molecule has 1 nitrogen and oxygen atoms in total. The number of nitrogens with two attached hydrogens (primary N) is 1. The minimum Gasteiger partial charge on any atom is -0.330 e. The monoisotopic (exact) mass is 273 g/mol. The molecule has 2 rings (SSSR count). The second kappa shape index (κ2) is 4.87. The first-order valence-electron chi connectivity index (χ1n) is 7.90. The van der Waals surface area contributed by atoms with Gasteiger partial charge in [0.1, 0.15) is 0 Å². The van der Waals surface area contributed by atoms with Crippen LogP contribution < -0.4 is 5.73 Å². The fourth-order valence-corrected chi connectivity index (χ4v) is 3.34. The van der Waals surface area contributed by atoms with Crippen molar-refractivity contribution < 1.29 is 0 Å². The Morgan fingerprint density at radius 2 is 1.50 bits per heavy atom. The third-order valence-electron chi connectivity index (χ3n) is 5.25. The second-order valence-electron chi connectivity index (χ2n) is 8.78. The molecule has 1 heteroatoms. The van der Waals surface area contributed by atoms with E-state index < -0.39 is 0 Å². The fourth-order valence-electron chi connectivity index (χ4n) is 3.34. The summed E-state index contributed by atoms with van der Waals surface area (Å²) in [6.45, 7) is 14.6. The molecule has 0 aromatic heterocycles. The van der Waals surface area contributed by atoms with Crippen molar-refractivity contribution in [3.8, 4) is 0 Å². The number of hydrogen-bond acceptors (Lipinski definition) is 1. The van der Waals surface area contributed by atoms with E-state index in [9.17, 15) is 0 Å². The van der Waals surface area contributed by atoms with Gasteiger partial charge >= 0.3 is 0 Å². The predicted molar refractivity (Wildman–Crippen MR) is 88.1 cm³/mol. The van der Waals surface area contributed by atoms with Gasteiger partial charge < -0.3 is 5.73 Å². The molecule has 1 aromatic rings. The standard InChI is InChI=1S/C19H31N/c1-17(2,3)14-7-9-15(10-8-14)19(13-20)11-16(12-19)18(4,5)6/h7-10,16H,11-13,20H2,1-6H3. The lowest BCUT2D eigenvalue weighted by molar-refractivity contribution is 0.0504. The zero-order chi connectivity index (χ0) is 15.2. The molecule has 0 amide bonds. The maximum absolute atomic E-state index is 6.13. The van der Waals surface area contributed by atoms with Gasteiger partial charge in [0.15, 0.2) is 0 Å². The molecule has 0 spiro atoms. The number of benzene rings is 1. The molecule has 1 saturated carbocycles. The third kappa shape index (κ3) is 2.79. The van der Waals surface area contributed by atoms with Gasteiger partial charge in [0, 0.05) is 12.0 Å². The van der Waals surface area contributed by atoms with E-state index in [4.69, 9.17) is 5.73 Å². The summed E-state index contributed by atoms with van der Waals surface area (Å²) in [5.41, 5.74) is 9.83. The van der Waals surface area contributed by atoms with Gasteiger partial charge in [0.05, 0.1) is 0 Å². The van der Waals surface area contributed by atoms with E-state index in [2.05, 4.69) is 65.8 Å². The molecule has 2 N–H and O–H groups in total. The Hall–Kier alpha value is -0.820. The molecule has 0 atom stereocenters. The van der Waals surface area contributed by atoms with Crippen LogP contribution in [0.1, 0.15) is 65.5 Å². The van der Waals surface area contributed by atoms with Gasteiger partial charge in [-0.05, 0) is 40.7 Å². The molecule has 1 fully saturated rings. The van der Waals surface area contributed by atoms with E-state index in [0.29, 0.717) is 5.41 Å². The minimum atomic E-state index is 0.224. The summed E-state index contributed by atoms with van der Waals surface area (Å²) in [7, 11) is 0. The first kappa shape index (κ1) is 15.6. The van der Waals surface area contributed by atoms with Crippen LogP contribution in [0.3, 0.4) is 0 Å².